The van der Waals surface area contributed by atoms with E-state index in [2.05, 4.69) is 55.7 Å². The van der Waals surface area contributed by atoms with Gasteiger partial charge in [0.2, 0.25) is 5.91 Å². The van der Waals surface area contributed by atoms with E-state index >= 15 is 0 Å². The van der Waals surface area contributed by atoms with Crippen LogP contribution in [0.1, 0.15) is 64.0 Å². The molecule has 1 fully saturated rings. The highest BCUT2D eigenvalue weighted by molar-refractivity contribution is 14.0. The van der Waals surface area contributed by atoms with Crippen LogP contribution in [-0.2, 0) is 17.9 Å². The highest BCUT2D eigenvalue weighted by Crippen LogP contribution is 2.29. The van der Waals surface area contributed by atoms with Crippen LogP contribution >= 0.6 is 24.0 Å². The van der Waals surface area contributed by atoms with Crippen LogP contribution in [0.3, 0.4) is 0 Å². The number of aliphatic hydroxyl groups is 1. The van der Waals surface area contributed by atoms with Crippen molar-refractivity contribution in [3.63, 3.8) is 0 Å². The van der Waals surface area contributed by atoms with Gasteiger partial charge in [-0.3, -0.25) is 4.79 Å². The second-order valence-corrected chi connectivity index (χ2v) is 7.96. The topological polar surface area (TPSA) is 77.0 Å². The van der Waals surface area contributed by atoms with Crippen molar-refractivity contribution in [1.29, 1.82) is 0 Å². The maximum absolute atomic E-state index is 11.8. The van der Waals surface area contributed by atoms with Crippen molar-refractivity contribution in [1.82, 2.24) is 15.5 Å². The summed E-state index contributed by atoms with van der Waals surface area (Å²) >= 11 is 0. The zero-order chi connectivity index (χ0) is 21.1. The standard InChI is InChI=1S/C23H38N4O2.HI/c1-4-23(5-2,13-15-28)18-26-22(24-6-3)25-16-19-9-11-20(12-10-19)17-27-14-7-8-21(27)29;/h9-12,28H,4-8,13-18H2,1-3H3,(H2,24,25,26);1H. The Kier molecular flexibility index (Phi) is 12.3. The Balaban J connectivity index is 0.00000450. The summed E-state index contributed by atoms with van der Waals surface area (Å²) in [5, 5.41) is 16.2. The first-order chi connectivity index (χ1) is 14.1. The van der Waals surface area contributed by atoms with Crippen LogP contribution in [0.4, 0.5) is 0 Å². The van der Waals surface area contributed by atoms with Crippen LogP contribution < -0.4 is 10.6 Å². The molecule has 1 saturated heterocycles. The SMILES string of the molecule is CCNC(=NCc1ccc(CN2CCCC2=O)cc1)NCC(CC)(CC)CCO.I. The van der Waals surface area contributed by atoms with Gasteiger partial charge in [-0.2, -0.15) is 0 Å². The Morgan fingerprint density at radius 2 is 1.80 bits per heavy atom. The molecule has 0 aromatic heterocycles. The zero-order valence-corrected chi connectivity index (χ0v) is 21.1. The predicted octanol–water partition coefficient (Wildman–Crippen LogP) is 3.67. The first-order valence-corrected chi connectivity index (χ1v) is 11.0. The third-order valence-electron chi connectivity index (χ3n) is 6.10. The van der Waals surface area contributed by atoms with E-state index in [-0.39, 0.29) is 41.9 Å². The van der Waals surface area contributed by atoms with Crippen LogP contribution in [0.2, 0.25) is 0 Å². The van der Waals surface area contributed by atoms with E-state index < -0.39 is 0 Å². The molecule has 1 aromatic carbocycles. The molecule has 0 unspecified atom stereocenters. The van der Waals surface area contributed by atoms with Gasteiger partial charge >= 0.3 is 0 Å². The Morgan fingerprint density at radius 1 is 1.13 bits per heavy atom. The molecule has 170 valence electrons. The molecule has 1 amide bonds. The monoisotopic (exact) mass is 530 g/mol. The zero-order valence-electron chi connectivity index (χ0n) is 18.7. The number of hydrogen-bond acceptors (Lipinski definition) is 3. The van der Waals surface area contributed by atoms with E-state index in [9.17, 15) is 9.90 Å². The van der Waals surface area contributed by atoms with E-state index in [1.807, 2.05) is 4.90 Å². The Labute approximate surface area is 198 Å². The lowest BCUT2D eigenvalue weighted by atomic mass is 9.79. The van der Waals surface area contributed by atoms with Crippen molar-refractivity contribution in [3.05, 3.63) is 35.4 Å². The van der Waals surface area contributed by atoms with Gasteiger partial charge in [-0.05, 0) is 49.1 Å². The van der Waals surface area contributed by atoms with Gasteiger partial charge < -0.3 is 20.6 Å². The van der Waals surface area contributed by atoms with Crippen LogP contribution in [0.15, 0.2) is 29.3 Å². The number of amides is 1. The number of benzene rings is 1. The van der Waals surface area contributed by atoms with Crippen molar-refractivity contribution in [2.45, 2.75) is 66.0 Å². The molecule has 2 rings (SSSR count). The molecule has 1 aliphatic rings. The van der Waals surface area contributed by atoms with Gasteiger partial charge in [-0.15, -0.1) is 24.0 Å². The second-order valence-electron chi connectivity index (χ2n) is 7.96. The fourth-order valence-corrected chi connectivity index (χ4v) is 3.80. The van der Waals surface area contributed by atoms with Crippen LogP contribution in [0, 0.1) is 5.41 Å². The summed E-state index contributed by atoms with van der Waals surface area (Å²) in [6.07, 6.45) is 4.51. The summed E-state index contributed by atoms with van der Waals surface area (Å²) in [4.78, 5) is 18.4. The average molecular weight is 530 g/mol. The molecule has 0 radical (unpaired) electrons. The van der Waals surface area contributed by atoms with Gasteiger partial charge in [-0.1, -0.05) is 38.1 Å². The van der Waals surface area contributed by atoms with Crippen LogP contribution in [-0.4, -0.2) is 48.1 Å². The number of halogens is 1. The van der Waals surface area contributed by atoms with Crippen molar-refractivity contribution >= 4 is 35.8 Å². The molecule has 0 bridgehead atoms. The molecule has 0 saturated carbocycles. The first kappa shape index (κ1) is 26.7. The van der Waals surface area contributed by atoms with Crippen molar-refractivity contribution < 1.29 is 9.90 Å². The fourth-order valence-electron chi connectivity index (χ4n) is 3.80. The van der Waals surface area contributed by atoms with Crippen molar-refractivity contribution in [2.75, 3.05) is 26.2 Å². The third-order valence-corrected chi connectivity index (χ3v) is 6.10. The fraction of sp³-hybridized carbons (Fsp3) is 0.652. The smallest absolute Gasteiger partial charge is 0.222 e. The molecule has 0 atom stereocenters. The van der Waals surface area contributed by atoms with Gasteiger partial charge in [0.05, 0.1) is 6.54 Å². The van der Waals surface area contributed by atoms with Crippen LogP contribution in [0.5, 0.6) is 0 Å². The minimum absolute atomic E-state index is 0. The van der Waals surface area contributed by atoms with Gasteiger partial charge in [0.1, 0.15) is 0 Å². The Hall–Kier alpha value is -1.35. The number of likely N-dealkylation sites (tertiary alicyclic amines) is 1. The quantitative estimate of drug-likeness (QED) is 0.232. The summed E-state index contributed by atoms with van der Waals surface area (Å²) in [7, 11) is 0. The molecule has 0 aliphatic carbocycles. The largest absolute Gasteiger partial charge is 0.396 e. The van der Waals surface area contributed by atoms with E-state index in [1.54, 1.807) is 0 Å². The van der Waals surface area contributed by atoms with Crippen molar-refractivity contribution in [2.24, 2.45) is 10.4 Å². The summed E-state index contributed by atoms with van der Waals surface area (Å²) in [5.74, 6) is 1.07. The minimum Gasteiger partial charge on any atom is -0.396 e. The molecular weight excluding hydrogens is 491 g/mol. The number of guanidine groups is 1. The molecule has 1 aliphatic heterocycles. The normalized spacial score (nSPS) is 14.6. The van der Waals surface area contributed by atoms with Gasteiger partial charge in [0.15, 0.2) is 5.96 Å². The molecule has 0 spiro atoms. The lowest BCUT2D eigenvalue weighted by Crippen LogP contribution is -2.43. The highest BCUT2D eigenvalue weighted by atomic mass is 127. The molecule has 6 nitrogen and oxygen atoms in total. The number of aliphatic imine (C=N–C) groups is 1. The summed E-state index contributed by atoms with van der Waals surface area (Å²) in [6.45, 7) is 10.4. The lowest BCUT2D eigenvalue weighted by Gasteiger charge is -2.32. The predicted molar refractivity (Wildman–Crippen MR) is 134 cm³/mol. The summed E-state index contributed by atoms with van der Waals surface area (Å²) in [6, 6.07) is 8.38. The molecular formula is C23H39IN4O2. The number of nitrogens with zero attached hydrogens (tertiary/aromatic N) is 2. The maximum Gasteiger partial charge on any atom is 0.222 e. The molecule has 30 heavy (non-hydrogen) atoms. The average Bonchev–Trinajstić information content (AvgIpc) is 3.14. The number of carbonyl (C=O) groups excluding carboxylic acids is 1. The third kappa shape index (κ3) is 8.06. The Bertz CT molecular complexity index is 660. The summed E-state index contributed by atoms with van der Waals surface area (Å²) < 4.78 is 0. The minimum atomic E-state index is 0. The number of carbonyl (C=O) groups is 1. The van der Waals surface area contributed by atoms with Crippen LogP contribution in [0.25, 0.3) is 0 Å². The van der Waals surface area contributed by atoms with E-state index in [0.717, 1.165) is 62.4 Å². The molecule has 1 heterocycles. The number of aliphatic hydroxyl groups excluding tert-OH is 1. The van der Waals surface area contributed by atoms with E-state index in [1.165, 1.54) is 0 Å². The summed E-state index contributed by atoms with van der Waals surface area (Å²) in [5.41, 5.74) is 2.41. The molecule has 7 heteroatoms. The Morgan fingerprint density at radius 3 is 2.33 bits per heavy atom. The van der Waals surface area contributed by atoms with Gasteiger partial charge in [-0.25, -0.2) is 4.99 Å². The molecule has 3 N–H and O–H groups in total. The van der Waals surface area contributed by atoms with E-state index in [4.69, 9.17) is 4.99 Å². The lowest BCUT2D eigenvalue weighted by molar-refractivity contribution is -0.128. The van der Waals surface area contributed by atoms with Gasteiger partial charge in [0, 0.05) is 39.2 Å². The van der Waals surface area contributed by atoms with E-state index in [0.29, 0.717) is 19.5 Å². The second kappa shape index (κ2) is 13.9. The first-order valence-electron chi connectivity index (χ1n) is 11.0. The number of nitrogens with one attached hydrogen (secondary N) is 2. The number of hydrogen-bond donors (Lipinski definition) is 3. The number of rotatable bonds is 11. The maximum atomic E-state index is 11.8. The highest BCUT2D eigenvalue weighted by Gasteiger charge is 2.25. The van der Waals surface area contributed by atoms with Gasteiger partial charge in [0.25, 0.3) is 0 Å². The molecule has 1 aromatic rings. The van der Waals surface area contributed by atoms with Crippen molar-refractivity contribution in [3.8, 4) is 0 Å².